The monoisotopic (exact) mass is 626 g/mol. The van der Waals surface area contributed by atoms with Gasteiger partial charge in [0.2, 0.25) is 0 Å². The van der Waals surface area contributed by atoms with E-state index in [1.54, 1.807) is 65.6 Å². The number of hydrogen-bond donors (Lipinski definition) is 2. The van der Waals surface area contributed by atoms with Crippen LogP contribution < -0.4 is 15.5 Å². The molecule has 0 aromatic heterocycles. The van der Waals surface area contributed by atoms with Gasteiger partial charge < -0.3 is 19.7 Å². The smallest absolute Gasteiger partial charge is 0.344 e. The number of anilines is 1. The zero-order valence-electron chi connectivity index (χ0n) is 20.1. The quantitative estimate of drug-likeness (QED) is 0.108. The summed E-state index contributed by atoms with van der Waals surface area (Å²) in [5.74, 6) is -2.35. The second-order valence-electron chi connectivity index (χ2n) is 8.04. The fraction of sp³-hybridized carbons (Fsp3) is 0.148. The second-order valence-corrected chi connectivity index (χ2v) is 9.20. The van der Waals surface area contributed by atoms with E-state index in [-0.39, 0.29) is 17.2 Å². The Hall–Kier alpha value is -4.10. The van der Waals surface area contributed by atoms with Gasteiger partial charge in [0, 0.05) is 16.7 Å². The molecule has 11 heteroatoms. The lowest BCUT2D eigenvalue weighted by molar-refractivity contribution is -0.136. The Labute approximate surface area is 232 Å². The molecule has 0 bridgehead atoms. The van der Waals surface area contributed by atoms with Crippen molar-refractivity contribution in [2.75, 3.05) is 31.6 Å². The van der Waals surface area contributed by atoms with Crippen LogP contribution in [0.4, 0.5) is 5.69 Å². The van der Waals surface area contributed by atoms with E-state index in [0.29, 0.717) is 43.2 Å². The van der Waals surface area contributed by atoms with E-state index in [4.69, 9.17) is 9.47 Å². The lowest BCUT2D eigenvalue weighted by atomic mass is 10.1. The number of para-hydroxylation sites is 1. The number of amides is 3. The minimum absolute atomic E-state index is 0.225. The van der Waals surface area contributed by atoms with Gasteiger partial charge in [-0.2, -0.15) is 5.10 Å². The van der Waals surface area contributed by atoms with E-state index < -0.39 is 17.8 Å². The van der Waals surface area contributed by atoms with Gasteiger partial charge in [0.05, 0.1) is 36.2 Å². The summed E-state index contributed by atoms with van der Waals surface area (Å²) in [4.78, 5) is 51.5. The van der Waals surface area contributed by atoms with Crippen LogP contribution in [-0.4, -0.2) is 61.1 Å². The van der Waals surface area contributed by atoms with Gasteiger partial charge in [-0.25, -0.2) is 10.2 Å². The zero-order valence-corrected chi connectivity index (χ0v) is 22.2. The molecular weight excluding hydrogens is 603 g/mol. The lowest BCUT2D eigenvalue weighted by Gasteiger charge is -2.27. The Morgan fingerprint density at radius 1 is 0.868 bits per heavy atom. The number of nitrogens with one attached hydrogen (secondary N) is 2. The first-order chi connectivity index (χ1) is 18.4. The Morgan fingerprint density at radius 3 is 2.24 bits per heavy atom. The number of morpholine rings is 1. The molecule has 1 saturated heterocycles. The highest BCUT2D eigenvalue weighted by Crippen LogP contribution is 2.19. The number of ether oxygens (including phenoxy) is 2. The van der Waals surface area contributed by atoms with E-state index in [0.717, 1.165) is 3.57 Å². The lowest BCUT2D eigenvalue weighted by Crippen LogP contribution is -2.41. The summed E-state index contributed by atoms with van der Waals surface area (Å²) in [5, 5.41) is 6.27. The highest BCUT2D eigenvalue weighted by atomic mass is 127. The highest BCUT2D eigenvalue weighted by Gasteiger charge is 2.23. The third kappa shape index (κ3) is 7.01. The van der Waals surface area contributed by atoms with Gasteiger partial charge in [0.25, 0.3) is 5.91 Å². The molecule has 0 atom stereocenters. The van der Waals surface area contributed by atoms with Crippen LogP contribution in [0.1, 0.15) is 26.3 Å². The molecule has 4 rings (SSSR count). The average Bonchev–Trinajstić information content (AvgIpc) is 2.94. The fourth-order valence-corrected chi connectivity index (χ4v) is 4.13. The second kappa shape index (κ2) is 12.9. The molecule has 194 valence electrons. The number of carbonyl (C=O) groups is 4. The van der Waals surface area contributed by atoms with Crippen LogP contribution in [0.5, 0.6) is 5.75 Å². The molecule has 1 heterocycles. The molecule has 38 heavy (non-hydrogen) atoms. The van der Waals surface area contributed by atoms with Crippen molar-refractivity contribution in [1.29, 1.82) is 0 Å². The van der Waals surface area contributed by atoms with Crippen LogP contribution in [0.2, 0.25) is 0 Å². The molecule has 3 aromatic carbocycles. The van der Waals surface area contributed by atoms with Gasteiger partial charge in [-0.15, -0.1) is 0 Å². The summed E-state index contributed by atoms with van der Waals surface area (Å²) in [7, 11) is 0. The van der Waals surface area contributed by atoms with Crippen LogP contribution in [-0.2, 0) is 14.3 Å². The first-order valence-electron chi connectivity index (χ1n) is 11.6. The SMILES string of the molecule is O=C(N/N=C/c1ccc(OC(=O)c2ccccc2I)cc1)C(=O)Nc1ccccc1C(=O)N1CCOCC1. The summed E-state index contributed by atoms with van der Waals surface area (Å²) in [6.07, 6.45) is 1.34. The molecular formula is C27H23IN4O6. The predicted molar refractivity (Wildman–Crippen MR) is 148 cm³/mol. The van der Waals surface area contributed by atoms with Crippen molar-refractivity contribution in [3.05, 3.63) is 93.1 Å². The van der Waals surface area contributed by atoms with Crippen molar-refractivity contribution in [2.45, 2.75) is 0 Å². The number of rotatable bonds is 6. The third-order valence-electron chi connectivity index (χ3n) is 5.47. The molecule has 10 nitrogen and oxygen atoms in total. The molecule has 0 spiro atoms. The Bertz CT molecular complexity index is 1370. The topological polar surface area (TPSA) is 126 Å². The maximum absolute atomic E-state index is 12.8. The molecule has 2 N–H and O–H groups in total. The molecule has 1 aliphatic rings. The standard InChI is InChI=1S/C27H23IN4O6/c28-22-7-3-1-5-20(22)27(36)38-19-11-9-18(10-12-19)17-29-31-25(34)24(33)30-23-8-4-2-6-21(23)26(35)32-13-15-37-16-14-32/h1-12,17H,13-16H2,(H,30,33)(H,31,34)/b29-17+. The van der Waals surface area contributed by atoms with E-state index in [1.807, 2.05) is 12.1 Å². The van der Waals surface area contributed by atoms with E-state index >= 15 is 0 Å². The molecule has 0 radical (unpaired) electrons. The van der Waals surface area contributed by atoms with Crippen LogP contribution in [0, 0.1) is 3.57 Å². The van der Waals surface area contributed by atoms with Crippen molar-refractivity contribution >= 4 is 58.2 Å². The van der Waals surface area contributed by atoms with Crippen LogP contribution in [0.25, 0.3) is 0 Å². The fourth-order valence-electron chi connectivity index (χ4n) is 3.52. The van der Waals surface area contributed by atoms with Gasteiger partial charge in [-0.05, 0) is 76.7 Å². The number of benzene rings is 3. The van der Waals surface area contributed by atoms with Gasteiger partial charge >= 0.3 is 17.8 Å². The number of carbonyl (C=O) groups excluding carboxylic acids is 4. The Kier molecular flexibility index (Phi) is 9.16. The minimum atomic E-state index is -1.00. The summed E-state index contributed by atoms with van der Waals surface area (Å²) < 4.78 is 11.4. The maximum atomic E-state index is 12.8. The van der Waals surface area contributed by atoms with Crippen molar-refractivity contribution in [3.63, 3.8) is 0 Å². The summed E-state index contributed by atoms with van der Waals surface area (Å²) >= 11 is 2.07. The van der Waals surface area contributed by atoms with Gasteiger partial charge in [-0.3, -0.25) is 14.4 Å². The van der Waals surface area contributed by atoms with E-state index in [9.17, 15) is 19.2 Å². The van der Waals surface area contributed by atoms with E-state index in [2.05, 4.69) is 38.4 Å². The number of esters is 1. The van der Waals surface area contributed by atoms with Gasteiger partial charge in [-0.1, -0.05) is 24.3 Å². The molecule has 3 aromatic rings. The molecule has 3 amide bonds. The highest BCUT2D eigenvalue weighted by molar-refractivity contribution is 14.1. The van der Waals surface area contributed by atoms with Crippen molar-refractivity contribution in [1.82, 2.24) is 10.3 Å². The average molecular weight is 626 g/mol. The van der Waals surface area contributed by atoms with Crippen molar-refractivity contribution in [3.8, 4) is 5.75 Å². The Morgan fingerprint density at radius 2 is 1.53 bits per heavy atom. The third-order valence-corrected chi connectivity index (χ3v) is 6.42. The number of hydrogen-bond acceptors (Lipinski definition) is 7. The van der Waals surface area contributed by atoms with Crippen LogP contribution in [0.15, 0.2) is 77.9 Å². The van der Waals surface area contributed by atoms with Crippen molar-refractivity contribution < 1.29 is 28.7 Å². The van der Waals surface area contributed by atoms with Crippen LogP contribution >= 0.6 is 22.6 Å². The molecule has 0 saturated carbocycles. The zero-order chi connectivity index (χ0) is 26.9. The van der Waals surface area contributed by atoms with Crippen LogP contribution in [0.3, 0.4) is 0 Å². The molecule has 1 aliphatic heterocycles. The molecule has 0 aliphatic carbocycles. The largest absolute Gasteiger partial charge is 0.423 e. The van der Waals surface area contributed by atoms with Gasteiger partial charge in [0.1, 0.15) is 5.75 Å². The molecule has 1 fully saturated rings. The maximum Gasteiger partial charge on any atom is 0.344 e. The summed E-state index contributed by atoms with van der Waals surface area (Å²) in [6, 6.07) is 20.0. The van der Waals surface area contributed by atoms with Gasteiger partial charge in [0.15, 0.2) is 0 Å². The number of hydrazone groups is 1. The summed E-state index contributed by atoms with van der Waals surface area (Å²) in [5.41, 5.74) is 3.73. The van der Waals surface area contributed by atoms with Crippen molar-refractivity contribution in [2.24, 2.45) is 5.10 Å². The minimum Gasteiger partial charge on any atom is -0.423 e. The predicted octanol–water partition coefficient (Wildman–Crippen LogP) is 3.07. The Balaban J connectivity index is 1.30. The normalized spacial score (nSPS) is 13.1. The number of halogens is 1. The van der Waals surface area contributed by atoms with E-state index in [1.165, 1.54) is 6.21 Å². The summed E-state index contributed by atoms with van der Waals surface area (Å²) in [6.45, 7) is 1.79. The molecule has 0 unspecified atom stereocenters. The first kappa shape index (κ1) is 26.9. The first-order valence-corrected chi connectivity index (χ1v) is 12.7. The number of nitrogens with zero attached hydrogens (tertiary/aromatic N) is 2.